The van der Waals surface area contributed by atoms with Crippen molar-refractivity contribution < 1.29 is 9.18 Å². The molecule has 132 valence electrons. The van der Waals surface area contributed by atoms with Gasteiger partial charge in [0.25, 0.3) is 5.91 Å². The molecule has 0 bridgehead atoms. The van der Waals surface area contributed by atoms with E-state index in [9.17, 15) is 9.18 Å². The van der Waals surface area contributed by atoms with Crippen molar-refractivity contribution in [1.29, 1.82) is 0 Å². The number of halogens is 1. The highest BCUT2D eigenvalue weighted by molar-refractivity contribution is 5.94. The van der Waals surface area contributed by atoms with E-state index in [0.717, 1.165) is 37.2 Å². The molecule has 1 aliphatic rings. The molecule has 0 radical (unpaired) electrons. The average Bonchev–Trinajstić information content (AvgIpc) is 3.43. The van der Waals surface area contributed by atoms with Gasteiger partial charge in [-0.2, -0.15) is 0 Å². The number of carbonyl (C=O) groups excluding carboxylic acids is 1. The predicted molar refractivity (Wildman–Crippen MR) is 99.6 cm³/mol. The van der Waals surface area contributed by atoms with Gasteiger partial charge in [-0.15, -0.1) is 0 Å². The molecule has 0 heterocycles. The largest absolute Gasteiger partial charge is 0.372 e. The number of rotatable bonds is 7. The molecule has 1 N–H and O–H groups in total. The second-order valence-electron chi connectivity index (χ2n) is 6.69. The Morgan fingerprint density at radius 3 is 2.16 bits per heavy atom. The minimum Gasteiger partial charge on any atom is -0.372 e. The lowest BCUT2D eigenvalue weighted by molar-refractivity contribution is 0.0949. The molecular weight excluding hydrogens is 315 g/mol. The molecule has 25 heavy (non-hydrogen) atoms. The summed E-state index contributed by atoms with van der Waals surface area (Å²) in [4.78, 5) is 14.7. The van der Waals surface area contributed by atoms with Gasteiger partial charge in [-0.1, -0.05) is 12.1 Å². The minimum absolute atomic E-state index is 0.0233. The van der Waals surface area contributed by atoms with Crippen molar-refractivity contribution in [3.63, 3.8) is 0 Å². The van der Waals surface area contributed by atoms with E-state index >= 15 is 0 Å². The van der Waals surface area contributed by atoms with Crippen LogP contribution in [-0.2, 0) is 5.41 Å². The van der Waals surface area contributed by atoms with Crippen molar-refractivity contribution in [3.8, 4) is 0 Å². The maximum atomic E-state index is 13.1. The molecular formula is C21H25FN2O. The first kappa shape index (κ1) is 17.5. The van der Waals surface area contributed by atoms with Crippen LogP contribution in [0.5, 0.6) is 0 Å². The van der Waals surface area contributed by atoms with E-state index in [4.69, 9.17) is 0 Å². The number of amides is 1. The van der Waals surface area contributed by atoms with E-state index in [1.165, 1.54) is 12.1 Å². The van der Waals surface area contributed by atoms with Gasteiger partial charge in [0.15, 0.2) is 0 Å². The normalized spacial score (nSPS) is 14.8. The lowest BCUT2D eigenvalue weighted by Gasteiger charge is -2.21. The molecule has 2 aromatic rings. The Labute approximate surface area is 148 Å². The third-order valence-electron chi connectivity index (χ3n) is 5.16. The van der Waals surface area contributed by atoms with Crippen molar-refractivity contribution in [2.24, 2.45) is 0 Å². The van der Waals surface area contributed by atoms with Gasteiger partial charge < -0.3 is 10.2 Å². The summed E-state index contributed by atoms with van der Waals surface area (Å²) in [6.45, 7) is 6.73. The first-order chi connectivity index (χ1) is 12.1. The topological polar surface area (TPSA) is 32.3 Å². The number of carbonyl (C=O) groups is 1. The van der Waals surface area contributed by atoms with Gasteiger partial charge in [0.1, 0.15) is 5.82 Å². The number of hydrogen-bond acceptors (Lipinski definition) is 2. The third-order valence-corrected chi connectivity index (χ3v) is 5.16. The van der Waals surface area contributed by atoms with Crippen molar-refractivity contribution in [2.75, 3.05) is 24.5 Å². The summed E-state index contributed by atoms with van der Waals surface area (Å²) in [5, 5.41) is 3.05. The fraction of sp³-hybridized carbons (Fsp3) is 0.381. The highest BCUT2D eigenvalue weighted by atomic mass is 19.1. The quantitative estimate of drug-likeness (QED) is 0.822. The molecule has 3 rings (SSSR count). The fourth-order valence-electron chi connectivity index (χ4n) is 3.29. The molecule has 0 aromatic heterocycles. The molecule has 1 saturated carbocycles. The highest BCUT2D eigenvalue weighted by Crippen LogP contribution is 2.47. The number of nitrogens with one attached hydrogen (secondary N) is 1. The van der Waals surface area contributed by atoms with Crippen molar-refractivity contribution in [1.82, 2.24) is 5.32 Å². The Balaban J connectivity index is 1.62. The zero-order chi connectivity index (χ0) is 17.9. The van der Waals surface area contributed by atoms with Crippen LogP contribution >= 0.6 is 0 Å². The van der Waals surface area contributed by atoms with Gasteiger partial charge in [0.05, 0.1) is 0 Å². The highest BCUT2D eigenvalue weighted by Gasteiger charge is 2.44. The summed E-state index contributed by atoms with van der Waals surface area (Å²) in [7, 11) is 0. The monoisotopic (exact) mass is 340 g/mol. The van der Waals surface area contributed by atoms with Gasteiger partial charge in [0, 0.05) is 36.3 Å². The van der Waals surface area contributed by atoms with Crippen molar-refractivity contribution in [3.05, 3.63) is 65.5 Å². The van der Waals surface area contributed by atoms with E-state index in [1.54, 1.807) is 0 Å². The molecule has 0 atom stereocenters. The van der Waals surface area contributed by atoms with E-state index < -0.39 is 0 Å². The van der Waals surface area contributed by atoms with Crippen molar-refractivity contribution in [2.45, 2.75) is 32.1 Å². The van der Waals surface area contributed by atoms with E-state index in [0.29, 0.717) is 12.1 Å². The van der Waals surface area contributed by atoms with Crippen LogP contribution in [-0.4, -0.2) is 25.5 Å². The van der Waals surface area contributed by atoms with Gasteiger partial charge in [-0.3, -0.25) is 4.79 Å². The Kier molecular flexibility index (Phi) is 5.07. The van der Waals surface area contributed by atoms with Crippen LogP contribution in [0.25, 0.3) is 0 Å². The third kappa shape index (κ3) is 3.84. The molecule has 4 heteroatoms. The maximum absolute atomic E-state index is 13.1. The minimum atomic E-state index is -0.225. The van der Waals surface area contributed by atoms with Crippen LogP contribution < -0.4 is 10.2 Å². The lowest BCUT2D eigenvalue weighted by atomic mass is 9.96. The molecule has 0 saturated heterocycles. The predicted octanol–water partition coefficient (Wildman–Crippen LogP) is 4.13. The molecule has 3 nitrogen and oxygen atoms in total. The van der Waals surface area contributed by atoms with Gasteiger partial charge >= 0.3 is 0 Å². The smallest absolute Gasteiger partial charge is 0.251 e. The second-order valence-corrected chi connectivity index (χ2v) is 6.69. The first-order valence-electron chi connectivity index (χ1n) is 8.97. The summed E-state index contributed by atoms with van der Waals surface area (Å²) in [5.74, 6) is -0.281. The summed E-state index contributed by atoms with van der Waals surface area (Å²) >= 11 is 0. The Morgan fingerprint density at radius 1 is 1.04 bits per heavy atom. The van der Waals surface area contributed by atoms with Crippen molar-refractivity contribution >= 4 is 11.6 Å². The Bertz CT molecular complexity index is 717. The first-order valence-corrected chi connectivity index (χ1v) is 8.97. The molecule has 1 aliphatic carbocycles. The number of hydrogen-bond donors (Lipinski definition) is 1. The second kappa shape index (κ2) is 7.26. The van der Waals surface area contributed by atoms with E-state index in [2.05, 4.69) is 24.1 Å². The molecule has 0 aliphatic heterocycles. The number of benzene rings is 2. The standard InChI is InChI=1S/C21H25FN2O/c1-3-24(4-2)19-11-5-16(6-12-19)20(25)23-15-21(13-14-21)17-7-9-18(22)10-8-17/h5-12H,3-4,13-15H2,1-2H3,(H,23,25). The summed E-state index contributed by atoms with van der Waals surface area (Å²) in [5.41, 5.74) is 2.88. The van der Waals surface area contributed by atoms with Gasteiger partial charge in [-0.05, 0) is 68.7 Å². The maximum Gasteiger partial charge on any atom is 0.251 e. The molecule has 0 spiro atoms. The van der Waals surface area contributed by atoms with Crippen LogP contribution in [0.3, 0.4) is 0 Å². The SMILES string of the molecule is CCN(CC)c1ccc(C(=O)NCC2(c3ccc(F)cc3)CC2)cc1. The van der Waals surface area contributed by atoms with E-state index in [-0.39, 0.29) is 17.1 Å². The lowest BCUT2D eigenvalue weighted by Crippen LogP contribution is -2.32. The molecule has 0 unspecified atom stereocenters. The molecule has 1 amide bonds. The summed E-state index contributed by atoms with van der Waals surface area (Å²) in [6.07, 6.45) is 2.06. The molecule has 2 aromatic carbocycles. The van der Waals surface area contributed by atoms with Crippen LogP contribution in [0.15, 0.2) is 48.5 Å². The average molecular weight is 340 g/mol. The Hall–Kier alpha value is -2.36. The van der Waals surface area contributed by atoms with Crippen LogP contribution in [0.1, 0.15) is 42.6 Å². The number of nitrogens with zero attached hydrogens (tertiary/aromatic N) is 1. The van der Waals surface area contributed by atoms with Gasteiger partial charge in [-0.25, -0.2) is 4.39 Å². The van der Waals surface area contributed by atoms with Gasteiger partial charge in [0.2, 0.25) is 0 Å². The van der Waals surface area contributed by atoms with E-state index in [1.807, 2.05) is 36.4 Å². The Morgan fingerprint density at radius 2 is 1.64 bits per heavy atom. The van der Waals surface area contributed by atoms with Crippen LogP contribution in [0, 0.1) is 5.82 Å². The zero-order valence-electron chi connectivity index (χ0n) is 14.9. The summed E-state index contributed by atoms with van der Waals surface area (Å²) in [6, 6.07) is 14.4. The zero-order valence-corrected chi connectivity index (χ0v) is 14.9. The fourth-order valence-corrected chi connectivity index (χ4v) is 3.29. The molecule has 1 fully saturated rings. The van der Waals surface area contributed by atoms with Crippen LogP contribution in [0.2, 0.25) is 0 Å². The van der Waals surface area contributed by atoms with Crippen LogP contribution in [0.4, 0.5) is 10.1 Å². The number of anilines is 1. The summed E-state index contributed by atoms with van der Waals surface area (Å²) < 4.78 is 13.1.